The first-order chi connectivity index (χ1) is 8.10. The third-order valence-electron chi connectivity index (χ3n) is 2.32. The topological polar surface area (TPSA) is 61.0 Å². The van der Waals surface area contributed by atoms with Crippen LogP contribution in [0.5, 0.6) is 5.75 Å². The number of aromatic nitrogens is 2. The minimum Gasteiger partial charge on any atom is -0.497 e. The van der Waals surface area contributed by atoms with Gasteiger partial charge in [-0.1, -0.05) is 11.6 Å². The second-order valence-electron chi connectivity index (χ2n) is 3.60. The lowest BCUT2D eigenvalue weighted by Crippen LogP contribution is -1.98. The molecule has 2 rings (SSSR count). The zero-order valence-electron chi connectivity index (χ0n) is 9.57. The second kappa shape index (κ2) is 4.59. The van der Waals surface area contributed by atoms with Crippen molar-refractivity contribution in [1.82, 2.24) is 9.97 Å². The van der Waals surface area contributed by atoms with Crippen LogP contribution in [-0.4, -0.2) is 17.1 Å². The quantitative estimate of drug-likeness (QED) is 0.889. The Labute approximate surface area is 104 Å². The Bertz CT molecular complexity index is 537. The van der Waals surface area contributed by atoms with Crippen LogP contribution in [0, 0.1) is 6.92 Å². The van der Waals surface area contributed by atoms with Crippen molar-refractivity contribution in [2.75, 3.05) is 12.8 Å². The van der Waals surface area contributed by atoms with Gasteiger partial charge in [0.1, 0.15) is 5.75 Å². The molecule has 17 heavy (non-hydrogen) atoms. The second-order valence-corrected chi connectivity index (χ2v) is 4.01. The number of hydrogen-bond acceptors (Lipinski definition) is 4. The maximum absolute atomic E-state index is 6.14. The van der Waals surface area contributed by atoms with Crippen LogP contribution in [0.25, 0.3) is 11.3 Å². The van der Waals surface area contributed by atoms with Gasteiger partial charge in [-0.3, -0.25) is 0 Å². The van der Waals surface area contributed by atoms with Gasteiger partial charge in [0.2, 0.25) is 5.95 Å². The van der Waals surface area contributed by atoms with Crippen LogP contribution in [0.15, 0.2) is 24.3 Å². The summed E-state index contributed by atoms with van der Waals surface area (Å²) in [6, 6.07) is 7.22. The molecule has 0 spiro atoms. The van der Waals surface area contributed by atoms with Crippen LogP contribution in [0.2, 0.25) is 5.02 Å². The van der Waals surface area contributed by atoms with Gasteiger partial charge >= 0.3 is 0 Å². The summed E-state index contributed by atoms with van der Waals surface area (Å²) in [6.07, 6.45) is 0. The van der Waals surface area contributed by atoms with E-state index in [0.29, 0.717) is 10.7 Å². The Balaban J connectivity index is 2.58. The first kappa shape index (κ1) is 11.7. The van der Waals surface area contributed by atoms with Crippen LogP contribution in [0.3, 0.4) is 0 Å². The Kier molecular flexibility index (Phi) is 3.15. The van der Waals surface area contributed by atoms with Crippen molar-refractivity contribution in [3.8, 4) is 17.0 Å². The van der Waals surface area contributed by atoms with Crippen molar-refractivity contribution in [2.45, 2.75) is 6.92 Å². The lowest BCUT2D eigenvalue weighted by atomic mass is 10.1. The molecule has 2 aromatic rings. The molecule has 0 fully saturated rings. The largest absolute Gasteiger partial charge is 0.497 e. The first-order valence-corrected chi connectivity index (χ1v) is 5.43. The average molecular weight is 250 g/mol. The molecule has 2 N–H and O–H groups in total. The smallest absolute Gasteiger partial charge is 0.220 e. The van der Waals surface area contributed by atoms with Gasteiger partial charge in [0.25, 0.3) is 0 Å². The summed E-state index contributed by atoms with van der Waals surface area (Å²) in [5.74, 6) is 0.957. The van der Waals surface area contributed by atoms with Gasteiger partial charge in [-0.2, -0.15) is 0 Å². The summed E-state index contributed by atoms with van der Waals surface area (Å²) >= 11 is 6.14. The highest BCUT2D eigenvalue weighted by Crippen LogP contribution is 2.30. The molecule has 0 unspecified atom stereocenters. The minimum absolute atomic E-state index is 0.235. The number of methoxy groups -OCH3 is 1. The lowest BCUT2D eigenvalue weighted by Gasteiger charge is -2.07. The standard InChI is InChI=1S/C12H12ClN3O/c1-7-5-11(16-12(14)15-7)9-6-8(17-2)3-4-10(9)13/h3-6H,1-2H3,(H2,14,15,16). The predicted octanol–water partition coefficient (Wildman–Crippen LogP) is 2.70. The third kappa shape index (κ3) is 2.47. The van der Waals surface area contributed by atoms with E-state index in [0.717, 1.165) is 17.0 Å². The van der Waals surface area contributed by atoms with Crippen molar-refractivity contribution in [3.63, 3.8) is 0 Å². The number of benzene rings is 1. The van der Waals surface area contributed by atoms with Gasteiger partial charge < -0.3 is 10.5 Å². The van der Waals surface area contributed by atoms with E-state index in [1.54, 1.807) is 19.2 Å². The Morgan fingerprint density at radius 2 is 2.00 bits per heavy atom. The number of aryl methyl sites for hydroxylation is 1. The third-order valence-corrected chi connectivity index (χ3v) is 2.65. The van der Waals surface area contributed by atoms with E-state index in [4.69, 9.17) is 22.1 Å². The van der Waals surface area contributed by atoms with E-state index in [1.807, 2.05) is 19.1 Å². The number of nitrogens with zero attached hydrogens (tertiary/aromatic N) is 2. The number of nitrogens with two attached hydrogens (primary N) is 1. The fourth-order valence-electron chi connectivity index (χ4n) is 1.56. The van der Waals surface area contributed by atoms with Crippen molar-refractivity contribution in [1.29, 1.82) is 0 Å². The van der Waals surface area contributed by atoms with E-state index in [-0.39, 0.29) is 5.95 Å². The average Bonchev–Trinajstić information content (AvgIpc) is 2.28. The van der Waals surface area contributed by atoms with Crippen molar-refractivity contribution in [3.05, 3.63) is 35.0 Å². The highest BCUT2D eigenvalue weighted by Gasteiger charge is 2.08. The molecule has 88 valence electrons. The number of nitrogen functional groups attached to an aromatic ring is 1. The highest BCUT2D eigenvalue weighted by atomic mass is 35.5. The molecule has 5 heteroatoms. The Morgan fingerprint density at radius 1 is 1.24 bits per heavy atom. The summed E-state index contributed by atoms with van der Waals surface area (Å²) in [5.41, 5.74) is 7.89. The van der Waals surface area contributed by atoms with Crippen molar-refractivity contribution in [2.24, 2.45) is 0 Å². The van der Waals surface area contributed by atoms with Crippen molar-refractivity contribution < 1.29 is 4.74 Å². The molecule has 0 atom stereocenters. The Hall–Kier alpha value is -1.81. The monoisotopic (exact) mass is 249 g/mol. The van der Waals surface area contributed by atoms with E-state index in [9.17, 15) is 0 Å². The molecule has 4 nitrogen and oxygen atoms in total. The van der Waals surface area contributed by atoms with Crippen molar-refractivity contribution >= 4 is 17.5 Å². The zero-order chi connectivity index (χ0) is 12.4. The molecule has 0 amide bonds. The molecule has 0 aliphatic rings. The highest BCUT2D eigenvalue weighted by molar-refractivity contribution is 6.33. The molecular weight excluding hydrogens is 238 g/mol. The van der Waals surface area contributed by atoms with Gasteiger partial charge in [0.05, 0.1) is 17.8 Å². The summed E-state index contributed by atoms with van der Waals surface area (Å²) in [7, 11) is 1.60. The predicted molar refractivity (Wildman–Crippen MR) is 68.2 cm³/mol. The number of halogens is 1. The van der Waals surface area contributed by atoms with Gasteiger partial charge in [0, 0.05) is 11.3 Å². The fraction of sp³-hybridized carbons (Fsp3) is 0.167. The molecule has 0 aliphatic carbocycles. The maximum atomic E-state index is 6.14. The van der Waals surface area contributed by atoms with Gasteiger partial charge in [-0.25, -0.2) is 9.97 Å². The molecule has 0 saturated heterocycles. The first-order valence-electron chi connectivity index (χ1n) is 5.05. The van der Waals surface area contributed by atoms with Gasteiger partial charge in [-0.05, 0) is 31.2 Å². The lowest BCUT2D eigenvalue weighted by molar-refractivity contribution is 0.415. The molecule has 1 aromatic carbocycles. The van der Waals surface area contributed by atoms with Crippen LogP contribution in [0.1, 0.15) is 5.69 Å². The molecule has 1 aromatic heterocycles. The minimum atomic E-state index is 0.235. The van der Waals surface area contributed by atoms with Crippen LogP contribution in [0.4, 0.5) is 5.95 Å². The molecular formula is C12H12ClN3O. The number of ether oxygens (including phenoxy) is 1. The van der Waals surface area contributed by atoms with E-state index in [2.05, 4.69) is 9.97 Å². The van der Waals surface area contributed by atoms with E-state index in [1.165, 1.54) is 0 Å². The number of rotatable bonds is 2. The molecule has 1 heterocycles. The summed E-state index contributed by atoms with van der Waals surface area (Å²) in [6.45, 7) is 1.86. The van der Waals surface area contributed by atoms with Gasteiger partial charge in [0.15, 0.2) is 0 Å². The normalized spacial score (nSPS) is 10.3. The van der Waals surface area contributed by atoms with Crippen LogP contribution < -0.4 is 10.5 Å². The van der Waals surface area contributed by atoms with Gasteiger partial charge in [-0.15, -0.1) is 0 Å². The van der Waals surface area contributed by atoms with Crippen LogP contribution >= 0.6 is 11.6 Å². The molecule has 0 radical (unpaired) electrons. The fourth-order valence-corrected chi connectivity index (χ4v) is 1.77. The summed E-state index contributed by atoms with van der Waals surface area (Å²) in [5, 5.41) is 0.600. The summed E-state index contributed by atoms with van der Waals surface area (Å²) in [4.78, 5) is 8.19. The zero-order valence-corrected chi connectivity index (χ0v) is 10.3. The van der Waals surface area contributed by atoms with E-state index >= 15 is 0 Å². The number of anilines is 1. The number of hydrogen-bond donors (Lipinski definition) is 1. The molecule has 0 aliphatic heterocycles. The molecule has 0 saturated carbocycles. The molecule has 0 bridgehead atoms. The van der Waals surface area contributed by atoms with Crippen LogP contribution in [-0.2, 0) is 0 Å². The Morgan fingerprint density at radius 3 is 2.65 bits per heavy atom. The maximum Gasteiger partial charge on any atom is 0.220 e. The van der Waals surface area contributed by atoms with E-state index < -0.39 is 0 Å². The SMILES string of the molecule is COc1ccc(Cl)c(-c2cc(C)nc(N)n2)c1. The summed E-state index contributed by atoms with van der Waals surface area (Å²) < 4.78 is 5.16.